The summed E-state index contributed by atoms with van der Waals surface area (Å²) in [6.07, 6.45) is 1.65. The molecule has 1 saturated heterocycles. The third kappa shape index (κ3) is 1.48. The van der Waals surface area contributed by atoms with Gasteiger partial charge in [0.25, 0.3) is 0 Å². The Morgan fingerprint density at radius 3 is 2.80 bits per heavy atom. The summed E-state index contributed by atoms with van der Waals surface area (Å²) in [5.74, 6) is -3.13. The fourth-order valence-electron chi connectivity index (χ4n) is 7.75. The predicted octanol–water partition coefficient (Wildman–Crippen LogP) is -0.0836. The zero-order valence-corrected chi connectivity index (χ0v) is 14.3. The Kier molecular flexibility index (Phi) is 2.61. The van der Waals surface area contributed by atoms with Crippen LogP contribution in [0.25, 0.3) is 0 Å². The molecule has 0 radical (unpaired) electrons. The maximum Gasteiger partial charge on any atom is 0.312 e. The van der Waals surface area contributed by atoms with Crippen LogP contribution in [-0.2, 0) is 14.3 Å². The molecule has 6 heteroatoms. The maximum atomic E-state index is 12.7. The lowest BCUT2D eigenvalue weighted by Crippen LogP contribution is -2.52. The second-order valence-electron chi connectivity index (χ2n) is 9.41. The molecule has 5 rings (SSSR count). The lowest BCUT2D eigenvalue weighted by molar-refractivity contribution is -0.318. The van der Waals surface area contributed by atoms with Crippen LogP contribution in [0.15, 0.2) is 12.2 Å². The fourth-order valence-corrected chi connectivity index (χ4v) is 7.75. The van der Waals surface area contributed by atoms with Gasteiger partial charge in [-0.25, -0.2) is 0 Å². The molecule has 4 bridgehead atoms. The molecule has 4 aliphatic carbocycles. The minimum absolute atomic E-state index is 0.187. The van der Waals surface area contributed by atoms with Gasteiger partial charge in [0.15, 0.2) is 0 Å². The number of hydrogen-bond acceptors (Lipinski definition) is 6. The molecule has 0 unspecified atom stereocenters. The molecule has 5 aliphatic rings. The summed E-state index contributed by atoms with van der Waals surface area (Å²) >= 11 is 0. The number of rotatable bonds is 1. The van der Waals surface area contributed by atoms with Crippen LogP contribution in [0, 0.1) is 28.6 Å². The minimum atomic E-state index is -1.17. The van der Waals surface area contributed by atoms with Crippen molar-refractivity contribution in [3.63, 3.8) is 0 Å². The average molecular weight is 347 g/mol. The number of carboxylic acid groups (broad SMARTS) is 1. The van der Waals surface area contributed by atoms with E-state index in [1.807, 2.05) is 0 Å². The molecule has 0 aromatic heterocycles. The number of carbonyl (C=O) groups is 2. The van der Waals surface area contributed by atoms with Gasteiger partial charge in [0.2, 0.25) is 0 Å². The van der Waals surface area contributed by atoms with E-state index in [1.165, 1.54) is 0 Å². The van der Waals surface area contributed by atoms with Crippen LogP contribution in [0.3, 0.4) is 0 Å². The Morgan fingerprint density at radius 1 is 1.40 bits per heavy atom. The van der Waals surface area contributed by atoms with Crippen LogP contribution in [0.2, 0.25) is 0 Å². The molecular weight excluding hydrogens is 324 g/mol. The highest BCUT2D eigenvalue weighted by Gasteiger charge is 2.82. The van der Waals surface area contributed by atoms with Gasteiger partial charge in [0, 0.05) is 30.1 Å². The minimum Gasteiger partial charge on any atom is -0.550 e. The van der Waals surface area contributed by atoms with Crippen molar-refractivity contribution in [3.05, 3.63) is 12.2 Å². The normalized spacial score (nSPS) is 58.7. The first-order valence-corrected chi connectivity index (χ1v) is 9.12. The van der Waals surface area contributed by atoms with Crippen molar-refractivity contribution in [2.24, 2.45) is 28.6 Å². The van der Waals surface area contributed by atoms with Crippen molar-refractivity contribution in [2.75, 3.05) is 0 Å². The predicted molar refractivity (Wildman–Crippen MR) is 82.6 cm³/mol. The largest absolute Gasteiger partial charge is 0.550 e. The number of fused-ring (bicyclic) bond motifs is 1. The summed E-state index contributed by atoms with van der Waals surface area (Å²) in [6.45, 7) is 5.75. The van der Waals surface area contributed by atoms with E-state index in [9.17, 15) is 24.9 Å². The summed E-state index contributed by atoms with van der Waals surface area (Å²) in [6, 6.07) is 0. The quantitative estimate of drug-likeness (QED) is 0.507. The van der Waals surface area contributed by atoms with Gasteiger partial charge in [-0.2, -0.15) is 0 Å². The number of esters is 1. The topological polar surface area (TPSA) is 107 Å². The van der Waals surface area contributed by atoms with Crippen LogP contribution in [-0.4, -0.2) is 39.5 Å². The molecule has 2 N–H and O–H groups in total. The lowest BCUT2D eigenvalue weighted by atomic mass is 9.59. The average Bonchev–Trinajstić information content (AvgIpc) is 2.88. The molecule has 8 atom stereocenters. The molecule has 1 aliphatic heterocycles. The van der Waals surface area contributed by atoms with Crippen molar-refractivity contribution in [2.45, 2.75) is 62.8 Å². The molecule has 4 saturated carbocycles. The Labute approximate surface area is 145 Å². The summed E-state index contributed by atoms with van der Waals surface area (Å²) in [7, 11) is 0. The third-order valence-electron chi connectivity index (χ3n) is 8.34. The number of aliphatic carboxylic acids is 1. The first-order chi connectivity index (χ1) is 11.6. The SMILES string of the molecule is C=C1C[C@]23C[C@@]1(O)CC[C@H]2[C@@]12C[C@H](O)C[C@](C)(C(=O)O1)[C@H]2[C@@H]3C(=O)[O-]. The molecule has 1 heterocycles. The first kappa shape index (κ1) is 15.8. The van der Waals surface area contributed by atoms with Gasteiger partial charge in [-0.05, 0) is 50.0 Å². The van der Waals surface area contributed by atoms with E-state index < -0.39 is 51.9 Å². The fraction of sp³-hybridized carbons (Fsp3) is 0.789. The van der Waals surface area contributed by atoms with E-state index in [0.717, 1.165) is 0 Å². The van der Waals surface area contributed by atoms with Crippen LogP contribution in [0.4, 0.5) is 0 Å². The number of hydrogen-bond donors (Lipinski definition) is 2. The van der Waals surface area contributed by atoms with E-state index in [0.29, 0.717) is 31.3 Å². The van der Waals surface area contributed by atoms with Crippen LogP contribution in [0.5, 0.6) is 0 Å². The van der Waals surface area contributed by atoms with Gasteiger partial charge >= 0.3 is 5.97 Å². The zero-order valence-electron chi connectivity index (χ0n) is 14.3. The van der Waals surface area contributed by atoms with Gasteiger partial charge in [-0.15, -0.1) is 0 Å². The Bertz CT molecular complexity index is 731. The zero-order chi connectivity index (χ0) is 18.0. The Morgan fingerprint density at radius 2 is 2.12 bits per heavy atom. The smallest absolute Gasteiger partial charge is 0.312 e. The van der Waals surface area contributed by atoms with Gasteiger partial charge in [0.05, 0.1) is 17.1 Å². The van der Waals surface area contributed by atoms with E-state index in [4.69, 9.17) is 4.74 Å². The number of ether oxygens (including phenoxy) is 1. The second kappa shape index (κ2) is 4.12. The van der Waals surface area contributed by atoms with Crippen molar-refractivity contribution in [1.29, 1.82) is 0 Å². The molecule has 25 heavy (non-hydrogen) atoms. The van der Waals surface area contributed by atoms with Gasteiger partial charge in [0.1, 0.15) is 5.60 Å². The summed E-state index contributed by atoms with van der Waals surface area (Å²) in [4.78, 5) is 25.0. The number of aliphatic hydroxyl groups excluding tert-OH is 1. The third-order valence-corrected chi connectivity index (χ3v) is 8.34. The number of carboxylic acids is 1. The second-order valence-corrected chi connectivity index (χ2v) is 9.41. The highest BCUT2D eigenvalue weighted by molar-refractivity contribution is 5.84. The van der Waals surface area contributed by atoms with E-state index >= 15 is 0 Å². The van der Waals surface area contributed by atoms with Gasteiger partial charge < -0.3 is 24.9 Å². The number of carbonyl (C=O) groups excluding carboxylic acids is 2. The van der Waals surface area contributed by atoms with Crippen LogP contribution < -0.4 is 5.11 Å². The molecule has 0 aromatic rings. The van der Waals surface area contributed by atoms with E-state index in [-0.39, 0.29) is 18.8 Å². The maximum absolute atomic E-state index is 12.7. The lowest BCUT2D eigenvalue weighted by Gasteiger charge is -2.46. The summed E-state index contributed by atoms with van der Waals surface area (Å²) < 4.78 is 5.93. The first-order valence-electron chi connectivity index (χ1n) is 9.12. The van der Waals surface area contributed by atoms with E-state index in [1.54, 1.807) is 6.92 Å². The van der Waals surface area contributed by atoms with Crippen molar-refractivity contribution < 1.29 is 29.6 Å². The molecule has 6 nitrogen and oxygen atoms in total. The van der Waals surface area contributed by atoms with Crippen molar-refractivity contribution >= 4 is 11.9 Å². The molecular formula is C19H23O6-. The standard InChI is InChI=1S/C19H24O6/c1-9-5-17-8-18(9,24)4-3-11(17)19-7-10(20)6-16(2,15(23)25-19)13(19)12(17)14(21)22/h10-13,20,24H,1,3-8H2,2H3,(H,21,22)/p-1/t10-,11-,12-,13-,16+,17+,18+,19-/m1/s1. The van der Waals surface area contributed by atoms with Crippen LogP contribution in [0.1, 0.15) is 45.4 Å². The van der Waals surface area contributed by atoms with Crippen molar-refractivity contribution in [3.8, 4) is 0 Å². The molecule has 5 fully saturated rings. The molecule has 136 valence electrons. The van der Waals surface area contributed by atoms with Gasteiger partial charge in [-0.1, -0.05) is 6.58 Å². The van der Waals surface area contributed by atoms with E-state index in [2.05, 4.69) is 6.58 Å². The highest BCUT2D eigenvalue weighted by atomic mass is 16.6. The van der Waals surface area contributed by atoms with Crippen LogP contribution >= 0.6 is 0 Å². The Balaban J connectivity index is 1.76. The van der Waals surface area contributed by atoms with Crippen molar-refractivity contribution in [1.82, 2.24) is 0 Å². The monoisotopic (exact) mass is 347 g/mol. The van der Waals surface area contributed by atoms with Gasteiger partial charge in [-0.3, -0.25) is 4.79 Å². The molecule has 0 amide bonds. The molecule has 0 aromatic carbocycles. The molecule has 1 spiro atoms. The summed E-state index contributed by atoms with van der Waals surface area (Å²) in [5.41, 5.74) is -3.02. The summed E-state index contributed by atoms with van der Waals surface area (Å²) in [5, 5.41) is 33.7. The number of aliphatic hydroxyl groups is 2. The highest BCUT2D eigenvalue weighted by Crippen LogP contribution is 2.78. The Hall–Kier alpha value is -1.40.